The standard InChI is InChI=1S/C15H25N5O/c1-12(2)13-11-20(4-3-17-13)15-10-16-9-14(18-15)19-5-7-21-8-6-19/h9-10,12-13,17H,3-8,11H2,1-2H3. The molecule has 0 saturated carbocycles. The van der Waals surface area contributed by atoms with Crippen LogP contribution in [0.25, 0.3) is 0 Å². The molecule has 1 aromatic rings. The quantitative estimate of drug-likeness (QED) is 0.887. The van der Waals surface area contributed by atoms with Gasteiger partial charge in [0.1, 0.15) is 11.6 Å². The number of nitrogens with zero attached hydrogens (tertiary/aromatic N) is 4. The van der Waals surface area contributed by atoms with Gasteiger partial charge < -0.3 is 19.9 Å². The second-order valence-corrected chi connectivity index (χ2v) is 6.09. The first kappa shape index (κ1) is 14.5. The lowest BCUT2D eigenvalue weighted by atomic mass is 10.0. The molecule has 1 atom stereocenters. The van der Waals surface area contributed by atoms with Crippen LogP contribution in [0.1, 0.15) is 13.8 Å². The summed E-state index contributed by atoms with van der Waals surface area (Å²) < 4.78 is 5.40. The third kappa shape index (κ3) is 3.44. The fourth-order valence-electron chi connectivity index (χ4n) is 2.88. The van der Waals surface area contributed by atoms with Crippen molar-refractivity contribution in [1.29, 1.82) is 0 Å². The summed E-state index contributed by atoms with van der Waals surface area (Å²) in [5.41, 5.74) is 0. The van der Waals surface area contributed by atoms with Crippen LogP contribution in [0.5, 0.6) is 0 Å². The molecule has 0 radical (unpaired) electrons. The van der Waals surface area contributed by atoms with Crippen molar-refractivity contribution in [1.82, 2.24) is 15.3 Å². The van der Waals surface area contributed by atoms with Gasteiger partial charge in [0.05, 0.1) is 25.6 Å². The average Bonchev–Trinajstić information content (AvgIpc) is 2.56. The minimum Gasteiger partial charge on any atom is -0.378 e. The minimum atomic E-state index is 0.521. The van der Waals surface area contributed by atoms with Crippen molar-refractivity contribution in [2.45, 2.75) is 19.9 Å². The molecule has 2 aliphatic rings. The number of anilines is 2. The molecule has 0 amide bonds. The third-order valence-electron chi connectivity index (χ3n) is 4.28. The number of ether oxygens (including phenoxy) is 1. The molecule has 2 aliphatic heterocycles. The summed E-state index contributed by atoms with van der Waals surface area (Å²) >= 11 is 0. The predicted molar refractivity (Wildman–Crippen MR) is 83.9 cm³/mol. The SMILES string of the molecule is CC(C)C1CN(c2cncc(N3CCOCC3)n2)CCN1. The van der Waals surface area contributed by atoms with Gasteiger partial charge in [-0.15, -0.1) is 0 Å². The monoisotopic (exact) mass is 291 g/mol. The Balaban J connectivity index is 1.72. The van der Waals surface area contributed by atoms with Crippen molar-refractivity contribution in [2.75, 3.05) is 55.7 Å². The number of rotatable bonds is 3. The van der Waals surface area contributed by atoms with E-state index in [1.807, 2.05) is 12.4 Å². The fraction of sp³-hybridized carbons (Fsp3) is 0.733. The normalized spacial score (nSPS) is 23.7. The van der Waals surface area contributed by atoms with Crippen molar-refractivity contribution >= 4 is 11.6 Å². The van der Waals surface area contributed by atoms with E-state index in [1.54, 1.807) is 0 Å². The van der Waals surface area contributed by atoms with E-state index in [0.29, 0.717) is 12.0 Å². The van der Waals surface area contributed by atoms with Gasteiger partial charge in [-0.1, -0.05) is 13.8 Å². The van der Waals surface area contributed by atoms with Crippen LogP contribution in [-0.2, 0) is 4.74 Å². The molecule has 116 valence electrons. The summed E-state index contributed by atoms with van der Waals surface area (Å²) in [5, 5.41) is 3.58. The second-order valence-electron chi connectivity index (χ2n) is 6.09. The largest absolute Gasteiger partial charge is 0.378 e. The van der Waals surface area contributed by atoms with Crippen molar-refractivity contribution < 1.29 is 4.74 Å². The first-order valence-electron chi connectivity index (χ1n) is 7.87. The summed E-state index contributed by atoms with van der Waals surface area (Å²) in [6, 6.07) is 0.521. The van der Waals surface area contributed by atoms with Gasteiger partial charge >= 0.3 is 0 Å². The summed E-state index contributed by atoms with van der Waals surface area (Å²) in [6.07, 6.45) is 3.74. The molecule has 0 bridgehead atoms. The zero-order valence-electron chi connectivity index (χ0n) is 13.0. The van der Waals surface area contributed by atoms with Crippen LogP contribution in [0.4, 0.5) is 11.6 Å². The Hall–Kier alpha value is -1.40. The number of piperazine rings is 1. The van der Waals surface area contributed by atoms with Gasteiger partial charge in [-0.25, -0.2) is 4.98 Å². The van der Waals surface area contributed by atoms with Gasteiger partial charge in [-0.05, 0) is 5.92 Å². The van der Waals surface area contributed by atoms with Crippen LogP contribution >= 0.6 is 0 Å². The number of hydrogen-bond acceptors (Lipinski definition) is 6. The third-order valence-corrected chi connectivity index (χ3v) is 4.28. The Bertz CT molecular complexity index is 461. The van der Waals surface area contributed by atoms with Crippen LogP contribution < -0.4 is 15.1 Å². The highest BCUT2D eigenvalue weighted by atomic mass is 16.5. The van der Waals surface area contributed by atoms with Crippen molar-refractivity contribution in [3.8, 4) is 0 Å². The average molecular weight is 291 g/mol. The molecule has 1 unspecified atom stereocenters. The van der Waals surface area contributed by atoms with E-state index < -0.39 is 0 Å². The van der Waals surface area contributed by atoms with E-state index in [9.17, 15) is 0 Å². The van der Waals surface area contributed by atoms with Crippen molar-refractivity contribution in [3.05, 3.63) is 12.4 Å². The first-order chi connectivity index (χ1) is 10.2. The Morgan fingerprint density at radius 2 is 1.86 bits per heavy atom. The smallest absolute Gasteiger partial charge is 0.149 e. The molecule has 0 aliphatic carbocycles. The summed E-state index contributed by atoms with van der Waals surface area (Å²) in [7, 11) is 0. The fourth-order valence-corrected chi connectivity index (χ4v) is 2.88. The first-order valence-corrected chi connectivity index (χ1v) is 7.87. The van der Waals surface area contributed by atoms with E-state index in [-0.39, 0.29) is 0 Å². The van der Waals surface area contributed by atoms with Crippen molar-refractivity contribution in [3.63, 3.8) is 0 Å². The zero-order chi connectivity index (χ0) is 14.7. The van der Waals surface area contributed by atoms with Crippen LogP contribution in [-0.4, -0.2) is 61.9 Å². The predicted octanol–water partition coefficient (Wildman–Crippen LogP) is 0.747. The number of hydrogen-bond donors (Lipinski definition) is 1. The highest BCUT2D eigenvalue weighted by Crippen LogP contribution is 2.19. The van der Waals surface area contributed by atoms with E-state index in [4.69, 9.17) is 9.72 Å². The van der Waals surface area contributed by atoms with Gasteiger partial charge in [-0.3, -0.25) is 4.98 Å². The van der Waals surface area contributed by atoms with Gasteiger partial charge in [0.15, 0.2) is 0 Å². The Morgan fingerprint density at radius 1 is 1.14 bits per heavy atom. The second kappa shape index (κ2) is 6.58. The molecule has 3 heterocycles. The number of nitrogens with one attached hydrogen (secondary N) is 1. The Labute approximate surface area is 126 Å². The lowest BCUT2D eigenvalue weighted by Gasteiger charge is -2.36. The van der Waals surface area contributed by atoms with E-state index in [1.165, 1.54) is 0 Å². The molecule has 6 heteroatoms. The molecule has 2 fully saturated rings. The van der Waals surface area contributed by atoms with Gasteiger partial charge in [0.2, 0.25) is 0 Å². The zero-order valence-corrected chi connectivity index (χ0v) is 13.0. The van der Waals surface area contributed by atoms with Gasteiger partial charge in [0.25, 0.3) is 0 Å². The highest BCUT2D eigenvalue weighted by molar-refractivity contribution is 5.46. The maximum atomic E-state index is 5.40. The van der Waals surface area contributed by atoms with E-state index in [2.05, 4.69) is 33.9 Å². The lowest BCUT2D eigenvalue weighted by molar-refractivity contribution is 0.122. The number of aromatic nitrogens is 2. The van der Waals surface area contributed by atoms with Gasteiger partial charge in [0, 0.05) is 38.8 Å². The Morgan fingerprint density at radius 3 is 2.57 bits per heavy atom. The molecular formula is C15H25N5O. The molecule has 0 spiro atoms. The summed E-state index contributed by atoms with van der Waals surface area (Å²) in [4.78, 5) is 13.8. The molecule has 0 aromatic carbocycles. The van der Waals surface area contributed by atoms with E-state index in [0.717, 1.165) is 57.6 Å². The molecular weight excluding hydrogens is 266 g/mol. The lowest BCUT2D eigenvalue weighted by Crippen LogP contribution is -2.53. The maximum absolute atomic E-state index is 5.40. The molecule has 1 aromatic heterocycles. The van der Waals surface area contributed by atoms with Crippen LogP contribution in [0.2, 0.25) is 0 Å². The van der Waals surface area contributed by atoms with E-state index >= 15 is 0 Å². The Kier molecular flexibility index (Phi) is 4.55. The van der Waals surface area contributed by atoms with Crippen LogP contribution in [0, 0.1) is 5.92 Å². The summed E-state index contributed by atoms with van der Waals surface area (Å²) in [5.74, 6) is 2.59. The summed E-state index contributed by atoms with van der Waals surface area (Å²) in [6.45, 7) is 10.9. The molecule has 1 N–H and O–H groups in total. The molecule has 21 heavy (non-hydrogen) atoms. The van der Waals surface area contributed by atoms with Crippen molar-refractivity contribution in [2.24, 2.45) is 5.92 Å². The maximum Gasteiger partial charge on any atom is 0.149 e. The molecule has 2 saturated heterocycles. The molecule has 3 rings (SSSR count). The van der Waals surface area contributed by atoms with Gasteiger partial charge in [-0.2, -0.15) is 0 Å². The minimum absolute atomic E-state index is 0.521. The van der Waals surface area contributed by atoms with Crippen LogP contribution in [0.15, 0.2) is 12.4 Å². The van der Waals surface area contributed by atoms with Crippen LogP contribution in [0.3, 0.4) is 0 Å². The molecule has 6 nitrogen and oxygen atoms in total. The highest BCUT2D eigenvalue weighted by Gasteiger charge is 2.23. The topological polar surface area (TPSA) is 53.5 Å². The number of morpholine rings is 1.